The lowest BCUT2D eigenvalue weighted by Crippen LogP contribution is -2.38. The molecule has 0 aromatic carbocycles. The van der Waals surface area contributed by atoms with Gasteiger partial charge in [-0.05, 0) is 33.8 Å². The maximum atomic E-state index is 12.1. The summed E-state index contributed by atoms with van der Waals surface area (Å²) < 4.78 is 11.0. The highest BCUT2D eigenvalue weighted by atomic mass is 16.6. The first-order chi connectivity index (χ1) is 8.87. The van der Waals surface area contributed by atoms with Gasteiger partial charge in [0.15, 0.2) is 0 Å². The van der Waals surface area contributed by atoms with Gasteiger partial charge >= 0.3 is 6.09 Å². The van der Waals surface area contributed by atoms with Crippen molar-refractivity contribution in [3.05, 3.63) is 36.1 Å². The summed E-state index contributed by atoms with van der Waals surface area (Å²) in [6, 6.07) is 0. The lowest BCUT2D eigenvalue weighted by molar-refractivity contribution is 0.0248. The van der Waals surface area contributed by atoms with Crippen LogP contribution in [0.3, 0.4) is 0 Å². The van der Waals surface area contributed by atoms with Gasteiger partial charge in [-0.1, -0.05) is 18.7 Å². The Morgan fingerprint density at radius 3 is 2.68 bits per heavy atom. The van der Waals surface area contributed by atoms with Crippen molar-refractivity contribution in [1.82, 2.24) is 4.90 Å². The normalized spacial score (nSPS) is 17.2. The second-order valence-electron chi connectivity index (χ2n) is 5.34. The van der Waals surface area contributed by atoms with Gasteiger partial charge in [0.25, 0.3) is 0 Å². The highest BCUT2D eigenvalue weighted by Gasteiger charge is 2.24. The smallest absolute Gasteiger partial charge is 0.410 e. The standard InChI is InChI=1S/C15H23NO3/c1-6-8-13-12(7-2)11-16(9-10-18-13)14(17)19-15(3,4)5/h6-8H,2,9-11H2,1,3-5H3/b8-6-. The first-order valence-electron chi connectivity index (χ1n) is 6.46. The minimum atomic E-state index is -0.492. The largest absolute Gasteiger partial charge is 0.491 e. The number of allylic oxidation sites excluding steroid dienone is 2. The third kappa shape index (κ3) is 4.81. The van der Waals surface area contributed by atoms with Crippen LogP contribution >= 0.6 is 0 Å². The molecule has 0 saturated carbocycles. The molecule has 4 nitrogen and oxygen atoms in total. The summed E-state index contributed by atoms with van der Waals surface area (Å²) in [5.41, 5.74) is 0.399. The summed E-state index contributed by atoms with van der Waals surface area (Å²) in [5, 5.41) is 0. The molecule has 1 amide bonds. The molecule has 0 atom stereocenters. The molecule has 1 heterocycles. The van der Waals surface area contributed by atoms with Crippen LogP contribution in [0.5, 0.6) is 0 Å². The molecule has 19 heavy (non-hydrogen) atoms. The van der Waals surface area contributed by atoms with Crippen molar-refractivity contribution in [2.45, 2.75) is 33.3 Å². The second-order valence-corrected chi connectivity index (χ2v) is 5.34. The highest BCUT2D eigenvalue weighted by Crippen LogP contribution is 2.17. The van der Waals surface area contributed by atoms with Crippen molar-refractivity contribution in [3.63, 3.8) is 0 Å². The van der Waals surface area contributed by atoms with E-state index in [0.29, 0.717) is 19.7 Å². The lowest BCUT2D eigenvalue weighted by Gasteiger charge is -2.26. The van der Waals surface area contributed by atoms with Gasteiger partial charge in [0.1, 0.15) is 18.0 Å². The first-order valence-corrected chi connectivity index (χ1v) is 6.46. The zero-order valence-electron chi connectivity index (χ0n) is 12.2. The topological polar surface area (TPSA) is 38.8 Å². The van der Waals surface area contributed by atoms with Crippen molar-refractivity contribution in [2.75, 3.05) is 19.7 Å². The molecule has 0 spiro atoms. The fraction of sp³-hybridized carbons (Fsp3) is 0.533. The van der Waals surface area contributed by atoms with Crippen molar-refractivity contribution in [2.24, 2.45) is 0 Å². The van der Waals surface area contributed by atoms with Gasteiger partial charge in [-0.2, -0.15) is 0 Å². The number of carbonyl (C=O) groups is 1. The molecule has 0 aromatic heterocycles. The van der Waals surface area contributed by atoms with E-state index in [1.165, 1.54) is 0 Å². The number of hydrogen-bond donors (Lipinski definition) is 0. The third-order valence-electron chi connectivity index (χ3n) is 2.51. The monoisotopic (exact) mass is 265 g/mol. The molecule has 0 unspecified atom stereocenters. The molecule has 0 saturated heterocycles. The number of rotatable bonds is 2. The number of ether oxygens (including phenoxy) is 2. The summed E-state index contributed by atoms with van der Waals surface area (Å²) in [6.07, 6.45) is 5.19. The zero-order chi connectivity index (χ0) is 14.5. The van der Waals surface area contributed by atoms with Gasteiger partial charge in [0.05, 0.1) is 13.1 Å². The van der Waals surface area contributed by atoms with Crippen LogP contribution in [0.4, 0.5) is 4.79 Å². The molecule has 0 radical (unpaired) electrons. The Bertz CT molecular complexity index is 402. The molecule has 1 aliphatic rings. The van der Waals surface area contributed by atoms with E-state index in [-0.39, 0.29) is 6.09 Å². The van der Waals surface area contributed by atoms with E-state index >= 15 is 0 Å². The fourth-order valence-corrected chi connectivity index (χ4v) is 1.68. The summed E-state index contributed by atoms with van der Waals surface area (Å²) in [5.74, 6) is 0.767. The number of nitrogens with zero attached hydrogens (tertiary/aromatic N) is 1. The lowest BCUT2D eigenvalue weighted by atomic mass is 10.2. The van der Waals surface area contributed by atoms with Crippen LogP contribution in [-0.2, 0) is 9.47 Å². The number of carbonyl (C=O) groups excluding carboxylic acids is 1. The van der Waals surface area contributed by atoms with Gasteiger partial charge < -0.3 is 14.4 Å². The van der Waals surface area contributed by atoms with Crippen molar-refractivity contribution in [3.8, 4) is 0 Å². The molecule has 1 rings (SSSR count). The Morgan fingerprint density at radius 1 is 1.47 bits per heavy atom. The number of hydrogen-bond acceptors (Lipinski definition) is 3. The van der Waals surface area contributed by atoms with E-state index in [1.807, 2.05) is 39.8 Å². The van der Waals surface area contributed by atoms with E-state index in [4.69, 9.17) is 9.47 Å². The number of amides is 1. The average molecular weight is 265 g/mol. The van der Waals surface area contributed by atoms with Crippen LogP contribution in [0.15, 0.2) is 36.1 Å². The quantitative estimate of drug-likeness (QED) is 0.769. The summed E-state index contributed by atoms with van der Waals surface area (Å²) in [7, 11) is 0. The molecule has 0 aromatic rings. The van der Waals surface area contributed by atoms with Gasteiger partial charge in [0, 0.05) is 5.57 Å². The predicted octanol–water partition coefficient (Wildman–Crippen LogP) is 3.27. The van der Waals surface area contributed by atoms with Crippen molar-refractivity contribution < 1.29 is 14.3 Å². The molecule has 0 N–H and O–H groups in total. The highest BCUT2D eigenvalue weighted by molar-refractivity contribution is 5.68. The minimum Gasteiger partial charge on any atom is -0.491 e. The first kappa shape index (κ1) is 15.3. The Balaban J connectivity index is 2.84. The van der Waals surface area contributed by atoms with Gasteiger partial charge in [-0.3, -0.25) is 0 Å². The summed E-state index contributed by atoms with van der Waals surface area (Å²) in [4.78, 5) is 13.7. The van der Waals surface area contributed by atoms with Gasteiger partial charge in [-0.25, -0.2) is 4.79 Å². The zero-order valence-corrected chi connectivity index (χ0v) is 12.2. The van der Waals surface area contributed by atoms with E-state index in [2.05, 4.69) is 6.58 Å². The molecule has 4 heteroatoms. The van der Waals surface area contributed by atoms with Gasteiger partial charge in [0.2, 0.25) is 0 Å². The molecule has 1 aliphatic heterocycles. The van der Waals surface area contributed by atoms with E-state index < -0.39 is 5.60 Å². The molecule has 0 aliphatic carbocycles. The Kier molecular flexibility index (Phi) is 5.21. The van der Waals surface area contributed by atoms with Crippen LogP contribution in [0.1, 0.15) is 27.7 Å². The van der Waals surface area contributed by atoms with Crippen LogP contribution in [-0.4, -0.2) is 36.3 Å². The van der Waals surface area contributed by atoms with Crippen LogP contribution in [0, 0.1) is 0 Å². The van der Waals surface area contributed by atoms with E-state index in [0.717, 1.165) is 11.3 Å². The molecular formula is C15H23NO3. The fourth-order valence-electron chi connectivity index (χ4n) is 1.68. The maximum Gasteiger partial charge on any atom is 0.410 e. The SMILES string of the molecule is C=CC1=C(/C=C\C)OCCN(C(=O)OC(C)(C)C)C1. The van der Waals surface area contributed by atoms with Gasteiger partial charge in [-0.15, -0.1) is 0 Å². The molecule has 0 bridgehead atoms. The molecule has 0 fully saturated rings. The van der Waals surface area contributed by atoms with E-state index in [1.54, 1.807) is 11.0 Å². The molecular weight excluding hydrogens is 242 g/mol. The molecule has 106 valence electrons. The Hall–Kier alpha value is -1.71. The summed E-state index contributed by atoms with van der Waals surface area (Å²) >= 11 is 0. The second kappa shape index (κ2) is 6.45. The van der Waals surface area contributed by atoms with Crippen LogP contribution < -0.4 is 0 Å². The average Bonchev–Trinajstić information content (AvgIpc) is 2.49. The Labute approximate surface area is 115 Å². The van der Waals surface area contributed by atoms with Crippen LogP contribution in [0.25, 0.3) is 0 Å². The summed E-state index contributed by atoms with van der Waals surface area (Å²) in [6.45, 7) is 12.7. The van der Waals surface area contributed by atoms with Crippen LogP contribution in [0.2, 0.25) is 0 Å². The van der Waals surface area contributed by atoms with Crippen molar-refractivity contribution >= 4 is 6.09 Å². The van der Waals surface area contributed by atoms with E-state index in [9.17, 15) is 4.79 Å². The minimum absolute atomic E-state index is 0.322. The Morgan fingerprint density at radius 2 is 2.16 bits per heavy atom. The third-order valence-corrected chi connectivity index (χ3v) is 2.51. The predicted molar refractivity (Wildman–Crippen MR) is 75.8 cm³/mol. The van der Waals surface area contributed by atoms with Crippen molar-refractivity contribution in [1.29, 1.82) is 0 Å². The maximum absolute atomic E-state index is 12.1.